The molecule has 1 N–H and O–H groups in total. The highest BCUT2D eigenvalue weighted by Gasteiger charge is 2.20. The van der Waals surface area contributed by atoms with E-state index in [9.17, 15) is 0 Å². The van der Waals surface area contributed by atoms with Crippen LogP contribution in [0, 0.1) is 0 Å². The summed E-state index contributed by atoms with van der Waals surface area (Å²) in [6.07, 6.45) is 3.33. The van der Waals surface area contributed by atoms with Crippen LogP contribution in [0.4, 0.5) is 0 Å². The smallest absolute Gasteiger partial charge is 0.138 e. The van der Waals surface area contributed by atoms with Crippen molar-refractivity contribution in [1.82, 2.24) is 20.1 Å². The molecule has 0 bridgehead atoms. The number of aromatic nitrogens is 3. The molecule has 1 heterocycles. The maximum atomic E-state index is 6.35. The third kappa shape index (κ3) is 3.96. The molecule has 0 aliphatic carbocycles. The molecular formula is C15H20Cl2N4. The summed E-state index contributed by atoms with van der Waals surface area (Å²) in [5.74, 6) is 0.932. The molecule has 0 amide bonds. The first-order valence-electron chi connectivity index (χ1n) is 7.21. The molecule has 0 saturated heterocycles. The molecule has 1 aromatic heterocycles. The van der Waals surface area contributed by atoms with Crippen molar-refractivity contribution in [1.29, 1.82) is 0 Å². The van der Waals surface area contributed by atoms with Crippen LogP contribution in [-0.4, -0.2) is 21.3 Å². The first kappa shape index (κ1) is 16.3. The van der Waals surface area contributed by atoms with Gasteiger partial charge in [0.1, 0.15) is 12.2 Å². The Morgan fingerprint density at radius 1 is 1.24 bits per heavy atom. The van der Waals surface area contributed by atoms with Gasteiger partial charge >= 0.3 is 0 Å². The normalized spacial score (nSPS) is 12.6. The summed E-state index contributed by atoms with van der Waals surface area (Å²) in [5.41, 5.74) is 0.930. The number of hydrogen-bond donors (Lipinski definition) is 1. The fraction of sp³-hybridized carbons (Fsp3) is 0.467. The van der Waals surface area contributed by atoms with E-state index in [2.05, 4.69) is 29.2 Å². The van der Waals surface area contributed by atoms with Gasteiger partial charge in [-0.2, -0.15) is 5.10 Å². The topological polar surface area (TPSA) is 42.7 Å². The molecule has 114 valence electrons. The van der Waals surface area contributed by atoms with Crippen LogP contribution >= 0.6 is 23.2 Å². The van der Waals surface area contributed by atoms with Crippen LogP contribution in [0.5, 0.6) is 0 Å². The zero-order valence-corrected chi connectivity index (χ0v) is 13.8. The largest absolute Gasteiger partial charge is 0.309 e. The Hall–Kier alpha value is -1.10. The summed E-state index contributed by atoms with van der Waals surface area (Å²) >= 11 is 12.7. The van der Waals surface area contributed by atoms with Gasteiger partial charge in [0.15, 0.2) is 0 Å². The Morgan fingerprint density at radius 2 is 1.95 bits per heavy atom. The number of hydrogen-bond acceptors (Lipinski definition) is 3. The average Bonchev–Trinajstić information content (AvgIpc) is 2.91. The van der Waals surface area contributed by atoms with Crippen LogP contribution in [-0.2, 0) is 13.0 Å². The predicted octanol–water partition coefficient (Wildman–Crippen LogP) is 3.89. The molecule has 2 aromatic rings. The minimum atomic E-state index is 0.0284. The van der Waals surface area contributed by atoms with E-state index in [4.69, 9.17) is 23.2 Å². The van der Waals surface area contributed by atoms with Gasteiger partial charge in [-0.05, 0) is 32.0 Å². The Kier molecular flexibility index (Phi) is 6.03. The quantitative estimate of drug-likeness (QED) is 0.839. The number of nitrogens with zero attached hydrogens (tertiary/aromatic N) is 3. The zero-order valence-electron chi connectivity index (χ0n) is 12.3. The number of nitrogens with one attached hydrogen (secondary N) is 1. The van der Waals surface area contributed by atoms with E-state index in [1.54, 1.807) is 6.33 Å². The van der Waals surface area contributed by atoms with E-state index >= 15 is 0 Å². The van der Waals surface area contributed by atoms with Crippen molar-refractivity contribution >= 4 is 23.2 Å². The Morgan fingerprint density at radius 3 is 2.57 bits per heavy atom. The third-order valence-corrected chi connectivity index (χ3v) is 4.03. The minimum Gasteiger partial charge on any atom is -0.309 e. The fourth-order valence-electron chi connectivity index (χ4n) is 2.33. The average molecular weight is 327 g/mol. The van der Waals surface area contributed by atoms with Crippen molar-refractivity contribution in [3.05, 3.63) is 46.0 Å². The summed E-state index contributed by atoms with van der Waals surface area (Å²) in [4.78, 5) is 4.35. The van der Waals surface area contributed by atoms with Crippen LogP contribution in [0.3, 0.4) is 0 Å². The molecule has 1 atom stereocenters. The molecule has 21 heavy (non-hydrogen) atoms. The van der Waals surface area contributed by atoms with Gasteiger partial charge in [-0.25, -0.2) is 4.98 Å². The van der Waals surface area contributed by atoms with E-state index in [0.29, 0.717) is 16.5 Å². The minimum absolute atomic E-state index is 0.0284. The molecule has 0 spiro atoms. The highest BCUT2D eigenvalue weighted by molar-refractivity contribution is 6.36. The molecular weight excluding hydrogens is 307 g/mol. The molecule has 0 radical (unpaired) electrons. The monoisotopic (exact) mass is 326 g/mol. The van der Waals surface area contributed by atoms with Crippen molar-refractivity contribution in [2.45, 2.75) is 39.3 Å². The second-order valence-electron chi connectivity index (χ2n) is 4.84. The fourth-order valence-corrected chi connectivity index (χ4v) is 2.99. The second-order valence-corrected chi connectivity index (χ2v) is 5.65. The first-order valence-corrected chi connectivity index (χ1v) is 7.96. The molecule has 1 unspecified atom stereocenters. The Balaban J connectivity index is 2.30. The number of rotatable bonds is 7. The lowest BCUT2D eigenvalue weighted by Gasteiger charge is -2.21. The van der Waals surface area contributed by atoms with E-state index in [0.717, 1.165) is 30.9 Å². The standard InChI is InChI=1S/C15H20Cl2N4/c1-3-8-18-13(9-14-19-10-20-21(14)4-2)15-11(16)6-5-7-12(15)17/h5-7,10,13,18H,3-4,8-9H2,1-2H3. The van der Waals surface area contributed by atoms with Crippen molar-refractivity contribution in [3.63, 3.8) is 0 Å². The summed E-state index contributed by atoms with van der Waals surface area (Å²) in [6.45, 7) is 5.88. The molecule has 0 aliphatic rings. The lowest BCUT2D eigenvalue weighted by Crippen LogP contribution is -2.26. The molecule has 1 aromatic carbocycles. The summed E-state index contributed by atoms with van der Waals surface area (Å²) in [6, 6.07) is 5.63. The van der Waals surface area contributed by atoms with E-state index in [1.807, 2.05) is 22.9 Å². The van der Waals surface area contributed by atoms with Gasteiger partial charge in [0.25, 0.3) is 0 Å². The maximum absolute atomic E-state index is 6.35. The second kappa shape index (κ2) is 7.78. The van der Waals surface area contributed by atoms with Crippen LogP contribution in [0.2, 0.25) is 10.0 Å². The molecule has 0 fully saturated rings. The Labute approximate surface area is 135 Å². The van der Waals surface area contributed by atoms with Crippen LogP contribution in [0.15, 0.2) is 24.5 Å². The van der Waals surface area contributed by atoms with Crippen LogP contribution in [0.25, 0.3) is 0 Å². The lowest BCUT2D eigenvalue weighted by atomic mass is 10.0. The van der Waals surface area contributed by atoms with Gasteiger partial charge in [-0.15, -0.1) is 0 Å². The SMILES string of the molecule is CCCNC(Cc1ncnn1CC)c1c(Cl)cccc1Cl. The molecule has 6 heteroatoms. The van der Waals surface area contributed by atoms with Crippen molar-refractivity contribution in [2.75, 3.05) is 6.54 Å². The molecule has 2 rings (SSSR count). The van der Waals surface area contributed by atoms with Gasteiger partial charge in [-0.3, -0.25) is 4.68 Å². The highest BCUT2D eigenvalue weighted by atomic mass is 35.5. The first-order chi connectivity index (χ1) is 10.2. The van der Waals surface area contributed by atoms with E-state index in [1.165, 1.54) is 0 Å². The van der Waals surface area contributed by atoms with Gasteiger partial charge in [0.2, 0.25) is 0 Å². The number of benzene rings is 1. The van der Waals surface area contributed by atoms with Crippen molar-refractivity contribution in [3.8, 4) is 0 Å². The van der Waals surface area contributed by atoms with Gasteiger partial charge in [0, 0.05) is 34.6 Å². The lowest BCUT2D eigenvalue weighted by molar-refractivity contribution is 0.497. The van der Waals surface area contributed by atoms with Gasteiger partial charge < -0.3 is 5.32 Å². The summed E-state index contributed by atoms with van der Waals surface area (Å²) in [7, 11) is 0. The molecule has 4 nitrogen and oxygen atoms in total. The predicted molar refractivity (Wildman–Crippen MR) is 86.9 cm³/mol. The van der Waals surface area contributed by atoms with Crippen molar-refractivity contribution < 1.29 is 0 Å². The third-order valence-electron chi connectivity index (χ3n) is 3.37. The summed E-state index contributed by atoms with van der Waals surface area (Å²) < 4.78 is 1.89. The number of halogens is 2. The van der Waals surface area contributed by atoms with Crippen LogP contribution in [0.1, 0.15) is 37.7 Å². The molecule has 0 aliphatic heterocycles. The maximum Gasteiger partial charge on any atom is 0.138 e. The highest BCUT2D eigenvalue weighted by Crippen LogP contribution is 2.31. The van der Waals surface area contributed by atoms with Crippen LogP contribution < -0.4 is 5.32 Å². The summed E-state index contributed by atoms with van der Waals surface area (Å²) in [5, 5.41) is 9.08. The van der Waals surface area contributed by atoms with Gasteiger partial charge in [-0.1, -0.05) is 36.2 Å². The molecule has 0 saturated carbocycles. The van der Waals surface area contributed by atoms with E-state index in [-0.39, 0.29) is 6.04 Å². The van der Waals surface area contributed by atoms with E-state index < -0.39 is 0 Å². The van der Waals surface area contributed by atoms with Crippen molar-refractivity contribution in [2.24, 2.45) is 0 Å². The number of aryl methyl sites for hydroxylation is 1. The zero-order chi connectivity index (χ0) is 15.2. The Bertz CT molecular complexity index is 563. The van der Waals surface area contributed by atoms with Gasteiger partial charge in [0.05, 0.1) is 0 Å².